The molecule has 0 aromatic heterocycles. The third-order valence-electron chi connectivity index (χ3n) is 5.72. The van der Waals surface area contributed by atoms with Gasteiger partial charge in [-0.3, -0.25) is 15.4 Å². The molecule has 1 heterocycles. The van der Waals surface area contributed by atoms with Crippen molar-refractivity contribution in [1.29, 1.82) is 0 Å². The maximum atomic E-state index is 12.5. The SMILES string of the molecule is CCC(CC)C1=NO[C@H]2[C@@H]1[C@H](N=C(NC(=O)OC(C)(C)C)NC(=O)OC(C)(C)C)C[C@H]2C(=O)OC. The molecule has 2 aliphatic rings. The highest BCUT2D eigenvalue weighted by atomic mass is 16.6. The Labute approximate surface area is 207 Å². The molecule has 1 aliphatic carbocycles. The minimum Gasteiger partial charge on any atom is -0.469 e. The number of hydrogen-bond acceptors (Lipinski definition) is 9. The molecule has 35 heavy (non-hydrogen) atoms. The van der Waals surface area contributed by atoms with E-state index < -0.39 is 47.4 Å². The fraction of sp³-hybridized carbons (Fsp3) is 0.792. The molecule has 0 unspecified atom stereocenters. The number of oxime groups is 1. The molecule has 1 fully saturated rings. The molecule has 1 aliphatic heterocycles. The Morgan fingerprint density at radius 1 is 1.03 bits per heavy atom. The van der Waals surface area contributed by atoms with Gasteiger partial charge in [-0.15, -0.1) is 0 Å². The average molecular weight is 497 g/mol. The van der Waals surface area contributed by atoms with Crippen LogP contribution in [-0.2, 0) is 23.8 Å². The van der Waals surface area contributed by atoms with Gasteiger partial charge in [0.1, 0.15) is 11.2 Å². The summed E-state index contributed by atoms with van der Waals surface area (Å²) in [4.78, 5) is 47.8. The second-order valence-corrected chi connectivity index (χ2v) is 10.8. The predicted octanol–water partition coefficient (Wildman–Crippen LogP) is 3.76. The van der Waals surface area contributed by atoms with Crippen molar-refractivity contribution in [2.75, 3.05) is 7.11 Å². The van der Waals surface area contributed by atoms with E-state index in [1.165, 1.54) is 7.11 Å². The molecule has 2 rings (SSSR count). The summed E-state index contributed by atoms with van der Waals surface area (Å²) in [6.07, 6.45) is -0.112. The molecule has 0 radical (unpaired) electrons. The zero-order valence-corrected chi connectivity index (χ0v) is 22.3. The largest absolute Gasteiger partial charge is 0.469 e. The first-order valence-corrected chi connectivity index (χ1v) is 12.1. The van der Waals surface area contributed by atoms with E-state index in [1.807, 2.05) is 0 Å². The summed E-state index contributed by atoms with van der Waals surface area (Å²) in [5.41, 5.74) is -0.692. The summed E-state index contributed by atoms with van der Waals surface area (Å²) in [5.74, 6) is -1.29. The minimum absolute atomic E-state index is 0.140. The van der Waals surface area contributed by atoms with E-state index in [0.717, 1.165) is 18.6 Å². The number of esters is 1. The van der Waals surface area contributed by atoms with Gasteiger partial charge in [0, 0.05) is 5.92 Å². The molecule has 2 N–H and O–H groups in total. The van der Waals surface area contributed by atoms with E-state index in [0.29, 0.717) is 6.42 Å². The Balaban J connectivity index is 2.40. The van der Waals surface area contributed by atoms with Crippen LogP contribution in [0.2, 0.25) is 0 Å². The van der Waals surface area contributed by atoms with Gasteiger partial charge in [-0.25, -0.2) is 14.6 Å². The van der Waals surface area contributed by atoms with Crippen LogP contribution in [0.4, 0.5) is 9.59 Å². The van der Waals surface area contributed by atoms with E-state index in [1.54, 1.807) is 41.5 Å². The quantitative estimate of drug-likeness (QED) is 0.256. The number of guanidine groups is 1. The van der Waals surface area contributed by atoms with Crippen LogP contribution in [-0.4, -0.2) is 60.3 Å². The van der Waals surface area contributed by atoms with Crippen molar-refractivity contribution in [2.24, 2.45) is 27.9 Å². The molecule has 0 aromatic carbocycles. The zero-order chi connectivity index (χ0) is 26.6. The van der Waals surface area contributed by atoms with Gasteiger partial charge in [0.05, 0.1) is 30.7 Å². The standard InChI is InChI=1S/C24H40N4O7/c1-10-13(11-2)17-16-15(12-14(19(29)32-9)18(16)35-28-17)25-20(26-21(30)33-23(3,4)5)27-22(31)34-24(6,7)8/h13-16,18H,10-12H2,1-9H3,(H2,25,26,27,30,31)/t14-,15-,16-,18-/m1/s1. The van der Waals surface area contributed by atoms with E-state index in [9.17, 15) is 14.4 Å². The lowest BCUT2D eigenvalue weighted by atomic mass is 9.84. The molecule has 4 atom stereocenters. The number of carbonyl (C=O) groups excluding carboxylic acids is 3. The Morgan fingerprint density at radius 2 is 1.54 bits per heavy atom. The summed E-state index contributed by atoms with van der Waals surface area (Å²) < 4.78 is 15.6. The van der Waals surface area contributed by atoms with Crippen molar-refractivity contribution >= 4 is 29.8 Å². The fourth-order valence-electron chi connectivity index (χ4n) is 4.33. The number of methoxy groups -OCH3 is 1. The van der Waals surface area contributed by atoms with Gasteiger partial charge in [-0.1, -0.05) is 19.0 Å². The molecule has 11 nitrogen and oxygen atoms in total. The van der Waals surface area contributed by atoms with Gasteiger partial charge in [0.2, 0.25) is 5.96 Å². The van der Waals surface area contributed by atoms with Crippen LogP contribution in [0, 0.1) is 17.8 Å². The Morgan fingerprint density at radius 3 is 1.97 bits per heavy atom. The third-order valence-corrected chi connectivity index (χ3v) is 5.72. The lowest BCUT2D eigenvalue weighted by Gasteiger charge is -2.24. The second-order valence-electron chi connectivity index (χ2n) is 10.8. The van der Waals surface area contributed by atoms with Crippen LogP contribution in [0.3, 0.4) is 0 Å². The number of nitrogens with zero attached hydrogens (tertiary/aromatic N) is 2. The summed E-state index contributed by atoms with van der Waals surface area (Å²) >= 11 is 0. The number of rotatable bonds is 5. The molecular formula is C24H40N4O7. The minimum atomic E-state index is -0.789. The first-order chi connectivity index (χ1) is 16.2. The highest BCUT2D eigenvalue weighted by Crippen LogP contribution is 2.43. The molecule has 2 amide bonds. The summed E-state index contributed by atoms with van der Waals surface area (Å²) in [6.45, 7) is 14.5. The third kappa shape index (κ3) is 7.83. The van der Waals surface area contributed by atoms with Crippen LogP contribution >= 0.6 is 0 Å². The molecule has 1 saturated carbocycles. The van der Waals surface area contributed by atoms with Crippen LogP contribution in [0.15, 0.2) is 10.1 Å². The summed E-state index contributed by atoms with van der Waals surface area (Å²) in [6, 6.07) is -0.508. The number of carbonyl (C=O) groups is 3. The van der Waals surface area contributed by atoms with Crippen molar-refractivity contribution in [1.82, 2.24) is 10.6 Å². The molecule has 0 saturated heterocycles. The first-order valence-electron chi connectivity index (χ1n) is 12.1. The van der Waals surface area contributed by atoms with Gasteiger partial charge >= 0.3 is 18.2 Å². The van der Waals surface area contributed by atoms with Crippen LogP contribution in [0.25, 0.3) is 0 Å². The van der Waals surface area contributed by atoms with Gasteiger partial charge in [-0.2, -0.15) is 0 Å². The zero-order valence-electron chi connectivity index (χ0n) is 22.3. The lowest BCUT2D eigenvalue weighted by Crippen LogP contribution is -2.48. The number of alkyl carbamates (subject to hydrolysis) is 2. The van der Waals surface area contributed by atoms with E-state index in [4.69, 9.17) is 19.0 Å². The average Bonchev–Trinajstić information content (AvgIpc) is 3.27. The van der Waals surface area contributed by atoms with E-state index in [-0.39, 0.29) is 17.8 Å². The van der Waals surface area contributed by atoms with Crippen molar-refractivity contribution in [3.05, 3.63) is 0 Å². The van der Waals surface area contributed by atoms with Crippen molar-refractivity contribution in [3.63, 3.8) is 0 Å². The van der Waals surface area contributed by atoms with Gasteiger partial charge in [0.15, 0.2) is 6.10 Å². The van der Waals surface area contributed by atoms with Crippen molar-refractivity contribution in [3.8, 4) is 0 Å². The first kappa shape index (κ1) is 28.4. The van der Waals surface area contributed by atoms with Crippen LogP contribution in [0.1, 0.15) is 74.7 Å². The van der Waals surface area contributed by atoms with Crippen molar-refractivity contribution in [2.45, 2.75) is 98.0 Å². The number of nitrogens with one attached hydrogen (secondary N) is 2. The van der Waals surface area contributed by atoms with Crippen molar-refractivity contribution < 1.29 is 33.4 Å². The van der Waals surface area contributed by atoms with Gasteiger partial charge in [0.25, 0.3) is 0 Å². The highest BCUT2D eigenvalue weighted by Gasteiger charge is 2.55. The Bertz CT molecular complexity index is 821. The number of amides is 2. The molecule has 0 spiro atoms. The highest BCUT2D eigenvalue weighted by molar-refractivity contribution is 6.02. The summed E-state index contributed by atoms with van der Waals surface area (Å²) in [5, 5.41) is 9.34. The van der Waals surface area contributed by atoms with Crippen LogP contribution in [0.5, 0.6) is 0 Å². The monoisotopic (exact) mass is 496 g/mol. The topological polar surface area (TPSA) is 137 Å². The number of ether oxygens (including phenoxy) is 3. The van der Waals surface area contributed by atoms with E-state index >= 15 is 0 Å². The molecule has 0 bridgehead atoms. The number of aliphatic imine (C=N–C) groups is 1. The maximum absolute atomic E-state index is 12.5. The fourth-order valence-corrected chi connectivity index (χ4v) is 4.33. The molecule has 11 heteroatoms. The molecule has 198 valence electrons. The molecular weight excluding hydrogens is 456 g/mol. The number of fused-ring (bicyclic) bond motifs is 1. The number of hydrogen-bond donors (Lipinski definition) is 2. The lowest BCUT2D eigenvalue weighted by molar-refractivity contribution is -0.149. The normalized spacial score (nSPS) is 23.5. The maximum Gasteiger partial charge on any atom is 0.414 e. The van der Waals surface area contributed by atoms with Gasteiger partial charge in [-0.05, 0) is 60.8 Å². The van der Waals surface area contributed by atoms with Crippen LogP contribution < -0.4 is 10.6 Å². The molecule has 0 aromatic rings. The Hall–Kier alpha value is -2.85. The smallest absolute Gasteiger partial charge is 0.414 e. The second kappa shape index (κ2) is 11.3. The van der Waals surface area contributed by atoms with Gasteiger partial charge < -0.3 is 19.0 Å². The van der Waals surface area contributed by atoms with E-state index in [2.05, 4.69) is 34.6 Å². The summed E-state index contributed by atoms with van der Waals surface area (Å²) in [7, 11) is 1.32. The predicted molar refractivity (Wildman–Crippen MR) is 130 cm³/mol. The Kier molecular flexibility index (Phi) is 9.13.